The summed E-state index contributed by atoms with van der Waals surface area (Å²) in [5.41, 5.74) is -0.302. The molecule has 0 aliphatic carbocycles. The molecule has 17 heavy (non-hydrogen) atoms. The van der Waals surface area contributed by atoms with E-state index in [0.717, 1.165) is 6.07 Å². The van der Waals surface area contributed by atoms with Crippen LogP contribution in [0.2, 0.25) is 0 Å². The second kappa shape index (κ2) is 5.57. The molecule has 90 valence electrons. The molecule has 1 N–H and O–H groups in total. The van der Waals surface area contributed by atoms with Crippen molar-refractivity contribution in [2.24, 2.45) is 0 Å². The topological polar surface area (TPSA) is 107 Å². The summed E-state index contributed by atoms with van der Waals surface area (Å²) in [6.45, 7) is -0.683. The molecule has 0 atom stereocenters. The maximum absolute atomic E-state index is 10.7. The van der Waals surface area contributed by atoms with Crippen molar-refractivity contribution in [2.75, 3.05) is 6.61 Å². The van der Waals surface area contributed by atoms with Crippen molar-refractivity contribution in [1.82, 2.24) is 0 Å². The van der Waals surface area contributed by atoms with Crippen LogP contribution in [0.4, 0.5) is 5.69 Å². The summed E-state index contributed by atoms with van der Waals surface area (Å²) in [6.07, 6.45) is 0.468. The first-order valence-electron chi connectivity index (χ1n) is 4.23. The maximum atomic E-state index is 10.7. The first kappa shape index (κ1) is 13.4. The van der Waals surface area contributed by atoms with Crippen molar-refractivity contribution < 1.29 is 24.4 Å². The summed E-state index contributed by atoms with van der Waals surface area (Å²) in [4.78, 5) is 30.9. The third-order valence-corrected chi connectivity index (χ3v) is 2.52. The van der Waals surface area contributed by atoms with Crippen LogP contribution in [-0.4, -0.2) is 28.9 Å². The van der Waals surface area contributed by atoms with Crippen LogP contribution in [0, 0.1) is 13.7 Å². The third-order valence-electron chi connectivity index (χ3n) is 1.72. The zero-order valence-corrected chi connectivity index (χ0v) is 10.4. The van der Waals surface area contributed by atoms with Crippen molar-refractivity contribution >= 4 is 40.5 Å². The number of nitro benzene ring substituents is 1. The molecule has 0 fully saturated rings. The number of aliphatic carboxylic acids is 1. The van der Waals surface area contributed by atoms with Gasteiger partial charge in [-0.2, -0.15) is 0 Å². The minimum absolute atomic E-state index is 0.128. The molecular weight excluding hydrogens is 345 g/mol. The molecule has 0 aliphatic rings. The fraction of sp³-hybridized carbons (Fsp3) is 0.111. The lowest BCUT2D eigenvalue weighted by atomic mass is 10.2. The molecule has 1 rings (SSSR count). The lowest BCUT2D eigenvalue weighted by Gasteiger charge is -2.07. The molecular formula is C9H6INO6. The van der Waals surface area contributed by atoms with Crippen LogP contribution in [0.1, 0.15) is 10.4 Å². The molecule has 0 unspecified atom stereocenters. The van der Waals surface area contributed by atoms with Gasteiger partial charge in [0.2, 0.25) is 5.75 Å². The second-order valence-corrected chi connectivity index (χ2v) is 4.07. The van der Waals surface area contributed by atoms with Gasteiger partial charge in [0.05, 0.1) is 8.49 Å². The molecule has 0 bridgehead atoms. The molecule has 0 aliphatic heterocycles. The summed E-state index contributed by atoms with van der Waals surface area (Å²) < 4.78 is 5.13. The van der Waals surface area contributed by atoms with Crippen molar-refractivity contribution in [2.45, 2.75) is 0 Å². The SMILES string of the molecule is O=Cc1cc(I)c(OCC(=O)O)c([N+](=O)[O-])c1. The van der Waals surface area contributed by atoms with Gasteiger partial charge in [-0.15, -0.1) is 0 Å². The number of benzene rings is 1. The Morgan fingerprint density at radius 1 is 1.59 bits per heavy atom. The zero-order chi connectivity index (χ0) is 13.0. The molecule has 1 aromatic rings. The van der Waals surface area contributed by atoms with E-state index in [0.29, 0.717) is 9.86 Å². The fourth-order valence-electron chi connectivity index (χ4n) is 1.08. The average molecular weight is 351 g/mol. The Kier molecular flexibility index (Phi) is 4.37. The molecule has 0 aromatic heterocycles. The van der Waals surface area contributed by atoms with Crippen LogP contribution in [0.3, 0.4) is 0 Å². The maximum Gasteiger partial charge on any atom is 0.341 e. The Bertz CT molecular complexity index is 487. The average Bonchev–Trinajstić information content (AvgIpc) is 2.25. The molecule has 0 heterocycles. The smallest absolute Gasteiger partial charge is 0.341 e. The highest BCUT2D eigenvalue weighted by molar-refractivity contribution is 14.1. The monoisotopic (exact) mass is 351 g/mol. The highest BCUT2D eigenvalue weighted by Crippen LogP contribution is 2.33. The van der Waals surface area contributed by atoms with E-state index in [1.54, 1.807) is 22.6 Å². The second-order valence-electron chi connectivity index (χ2n) is 2.91. The first-order chi connectivity index (χ1) is 7.95. The Labute approximate surface area is 109 Å². The number of carboxylic acid groups (broad SMARTS) is 1. The van der Waals surface area contributed by atoms with E-state index in [9.17, 15) is 19.7 Å². The van der Waals surface area contributed by atoms with Crippen LogP contribution in [-0.2, 0) is 4.79 Å². The minimum atomic E-state index is -1.24. The van der Waals surface area contributed by atoms with Gasteiger partial charge < -0.3 is 9.84 Å². The number of carboxylic acids is 1. The number of ether oxygens (including phenoxy) is 1. The lowest BCUT2D eigenvalue weighted by Crippen LogP contribution is -2.11. The largest absolute Gasteiger partial charge is 0.479 e. The van der Waals surface area contributed by atoms with Gasteiger partial charge in [0.1, 0.15) is 6.29 Å². The predicted octanol–water partition coefficient (Wildman–Crippen LogP) is 1.48. The van der Waals surface area contributed by atoms with E-state index in [1.165, 1.54) is 6.07 Å². The highest BCUT2D eigenvalue weighted by atomic mass is 127. The van der Waals surface area contributed by atoms with E-state index < -0.39 is 23.2 Å². The molecule has 1 aromatic carbocycles. The highest BCUT2D eigenvalue weighted by Gasteiger charge is 2.20. The molecule has 0 spiro atoms. The lowest BCUT2D eigenvalue weighted by molar-refractivity contribution is -0.385. The molecule has 0 saturated heterocycles. The van der Waals surface area contributed by atoms with Crippen LogP contribution in [0.15, 0.2) is 12.1 Å². The number of hydrogen-bond donors (Lipinski definition) is 1. The predicted molar refractivity (Wildman–Crippen MR) is 64.3 cm³/mol. The van der Waals surface area contributed by atoms with Gasteiger partial charge in [0, 0.05) is 11.6 Å². The van der Waals surface area contributed by atoms with Gasteiger partial charge in [0.15, 0.2) is 6.61 Å². The molecule has 0 radical (unpaired) electrons. The first-order valence-corrected chi connectivity index (χ1v) is 5.31. The Morgan fingerprint density at radius 2 is 2.24 bits per heavy atom. The van der Waals surface area contributed by atoms with E-state index >= 15 is 0 Å². The van der Waals surface area contributed by atoms with Crippen LogP contribution >= 0.6 is 22.6 Å². The van der Waals surface area contributed by atoms with Gasteiger partial charge >= 0.3 is 11.7 Å². The van der Waals surface area contributed by atoms with Crippen LogP contribution in [0.25, 0.3) is 0 Å². The Morgan fingerprint density at radius 3 is 2.71 bits per heavy atom. The Balaban J connectivity index is 3.21. The number of carbonyl (C=O) groups excluding carboxylic acids is 1. The quantitative estimate of drug-likeness (QED) is 0.373. The number of halogens is 1. The number of aldehydes is 1. The van der Waals surface area contributed by atoms with Gasteiger partial charge in [-0.05, 0) is 28.7 Å². The molecule has 0 saturated carbocycles. The molecule has 0 amide bonds. The minimum Gasteiger partial charge on any atom is -0.479 e. The summed E-state index contributed by atoms with van der Waals surface area (Å²) in [5, 5.41) is 19.2. The number of nitrogens with zero attached hydrogens (tertiary/aromatic N) is 1. The zero-order valence-electron chi connectivity index (χ0n) is 8.25. The van der Waals surface area contributed by atoms with E-state index in [1.807, 2.05) is 0 Å². The number of rotatable bonds is 5. The van der Waals surface area contributed by atoms with Crippen LogP contribution < -0.4 is 4.74 Å². The Hall–Kier alpha value is -1.71. The normalized spacial score (nSPS) is 9.71. The van der Waals surface area contributed by atoms with Crippen molar-refractivity contribution in [3.63, 3.8) is 0 Å². The number of carbonyl (C=O) groups is 2. The standard InChI is InChI=1S/C9H6INO6/c10-6-1-5(3-12)2-7(11(15)16)9(6)17-4-8(13)14/h1-3H,4H2,(H,13,14). The van der Waals surface area contributed by atoms with Gasteiger partial charge in [-0.25, -0.2) is 4.79 Å². The van der Waals surface area contributed by atoms with Crippen molar-refractivity contribution in [1.29, 1.82) is 0 Å². The van der Waals surface area contributed by atoms with E-state index in [-0.39, 0.29) is 11.3 Å². The van der Waals surface area contributed by atoms with E-state index in [2.05, 4.69) is 0 Å². The summed E-state index contributed by atoms with van der Waals surface area (Å²) in [6, 6.07) is 2.41. The van der Waals surface area contributed by atoms with Crippen molar-refractivity contribution in [3.8, 4) is 5.75 Å². The number of hydrogen-bond acceptors (Lipinski definition) is 5. The third kappa shape index (κ3) is 3.37. The molecule has 8 heteroatoms. The van der Waals surface area contributed by atoms with Crippen LogP contribution in [0.5, 0.6) is 5.75 Å². The van der Waals surface area contributed by atoms with Gasteiger partial charge in [-0.1, -0.05) is 0 Å². The molecule has 7 nitrogen and oxygen atoms in total. The van der Waals surface area contributed by atoms with Gasteiger partial charge in [-0.3, -0.25) is 14.9 Å². The summed E-state index contributed by atoms with van der Waals surface area (Å²) >= 11 is 1.73. The van der Waals surface area contributed by atoms with Gasteiger partial charge in [0.25, 0.3) is 0 Å². The number of nitro groups is 1. The summed E-state index contributed by atoms with van der Waals surface area (Å²) in [7, 11) is 0. The van der Waals surface area contributed by atoms with E-state index in [4.69, 9.17) is 9.84 Å². The van der Waals surface area contributed by atoms with Crippen molar-refractivity contribution in [3.05, 3.63) is 31.4 Å². The fourth-order valence-corrected chi connectivity index (χ4v) is 1.87. The summed E-state index contributed by atoms with van der Waals surface area (Å²) in [5.74, 6) is -1.39.